The van der Waals surface area contributed by atoms with Gasteiger partial charge in [0, 0.05) is 36.1 Å². The van der Waals surface area contributed by atoms with E-state index in [4.69, 9.17) is 0 Å². The van der Waals surface area contributed by atoms with Crippen LogP contribution in [0.3, 0.4) is 0 Å². The van der Waals surface area contributed by atoms with Crippen molar-refractivity contribution in [2.45, 2.75) is 20.4 Å². The van der Waals surface area contributed by atoms with Crippen molar-refractivity contribution in [3.63, 3.8) is 0 Å². The molecule has 0 fully saturated rings. The Labute approximate surface area is 129 Å². The molecule has 1 aromatic heterocycles. The van der Waals surface area contributed by atoms with Crippen LogP contribution in [0.25, 0.3) is 0 Å². The van der Waals surface area contributed by atoms with Gasteiger partial charge in [-0.2, -0.15) is 0 Å². The van der Waals surface area contributed by atoms with E-state index in [-0.39, 0.29) is 17.7 Å². The first kappa shape index (κ1) is 15.7. The number of carbonyl (C=O) groups excluding carboxylic acids is 2. The topological polar surface area (TPSA) is 71.1 Å². The second-order valence-electron chi connectivity index (χ2n) is 5.27. The van der Waals surface area contributed by atoms with E-state index in [1.807, 2.05) is 26.0 Å². The zero-order valence-corrected chi connectivity index (χ0v) is 12.7. The van der Waals surface area contributed by atoms with Gasteiger partial charge in [-0.15, -0.1) is 0 Å². The van der Waals surface area contributed by atoms with Crippen LogP contribution in [0.5, 0.6) is 0 Å². The lowest BCUT2D eigenvalue weighted by atomic mass is 10.1. The minimum Gasteiger partial charge on any atom is -0.348 e. The number of amides is 2. The third-order valence-electron chi connectivity index (χ3n) is 3.09. The zero-order valence-electron chi connectivity index (χ0n) is 12.7. The summed E-state index contributed by atoms with van der Waals surface area (Å²) >= 11 is 0. The third-order valence-corrected chi connectivity index (χ3v) is 3.09. The predicted octanol–water partition coefficient (Wildman–Crippen LogP) is 2.61. The number of benzene rings is 1. The SMILES string of the molecule is CC(C)C(=O)Nc1cccc(C(=O)NCc2cccnc2)c1. The van der Waals surface area contributed by atoms with Crippen LogP contribution in [0.15, 0.2) is 48.8 Å². The van der Waals surface area contributed by atoms with E-state index in [2.05, 4.69) is 15.6 Å². The van der Waals surface area contributed by atoms with Gasteiger partial charge in [0.15, 0.2) is 0 Å². The number of nitrogens with zero attached hydrogens (tertiary/aromatic N) is 1. The molecule has 0 saturated heterocycles. The largest absolute Gasteiger partial charge is 0.348 e. The van der Waals surface area contributed by atoms with E-state index in [0.29, 0.717) is 17.8 Å². The molecular formula is C17H19N3O2. The zero-order chi connectivity index (χ0) is 15.9. The van der Waals surface area contributed by atoms with Crippen LogP contribution >= 0.6 is 0 Å². The average molecular weight is 297 g/mol. The van der Waals surface area contributed by atoms with Crippen LogP contribution in [-0.4, -0.2) is 16.8 Å². The Balaban J connectivity index is 1.99. The number of hydrogen-bond donors (Lipinski definition) is 2. The normalized spacial score (nSPS) is 10.3. The maximum absolute atomic E-state index is 12.1. The summed E-state index contributed by atoms with van der Waals surface area (Å²) in [5, 5.41) is 5.61. The van der Waals surface area contributed by atoms with Gasteiger partial charge >= 0.3 is 0 Å². The van der Waals surface area contributed by atoms with Gasteiger partial charge in [-0.25, -0.2) is 0 Å². The first-order chi connectivity index (χ1) is 10.6. The predicted molar refractivity (Wildman–Crippen MR) is 85.3 cm³/mol. The molecule has 0 bridgehead atoms. The Bertz CT molecular complexity index is 654. The number of carbonyl (C=O) groups is 2. The van der Waals surface area contributed by atoms with Crippen molar-refractivity contribution in [3.05, 3.63) is 59.9 Å². The molecule has 0 atom stereocenters. The molecule has 2 rings (SSSR count). The van der Waals surface area contributed by atoms with Crippen molar-refractivity contribution in [3.8, 4) is 0 Å². The van der Waals surface area contributed by atoms with E-state index >= 15 is 0 Å². The molecule has 2 amide bonds. The Morgan fingerprint density at radius 3 is 2.68 bits per heavy atom. The first-order valence-corrected chi connectivity index (χ1v) is 7.14. The van der Waals surface area contributed by atoms with Gasteiger partial charge in [0.05, 0.1) is 0 Å². The minimum absolute atomic E-state index is 0.0760. The van der Waals surface area contributed by atoms with Crippen LogP contribution in [0, 0.1) is 5.92 Å². The molecule has 0 spiro atoms. The lowest BCUT2D eigenvalue weighted by molar-refractivity contribution is -0.118. The lowest BCUT2D eigenvalue weighted by Gasteiger charge is -2.09. The summed E-state index contributed by atoms with van der Waals surface area (Å²) in [5.41, 5.74) is 2.05. The molecule has 2 N–H and O–H groups in total. The molecule has 1 heterocycles. The van der Waals surface area contributed by atoms with Gasteiger partial charge < -0.3 is 10.6 Å². The highest BCUT2D eigenvalue weighted by atomic mass is 16.2. The Kier molecular flexibility index (Phi) is 5.25. The summed E-state index contributed by atoms with van der Waals surface area (Å²) in [5.74, 6) is -0.375. The van der Waals surface area contributed by atoms with Crippen molar-refractivity contribution in [2.24, 2.45) is 5.92 Å². The smallest absolute Gasteiger partial charge is 0.251 e. The number of pyridine rings is 1. The van der Waals surface area contributed by atoms with Crippen molar-refractivity contribution in [2.75, 3.05) is 5.32 Å². The fourth-order valence-corrected chi connectivity index (χ4v) is 1.81. The molecule has 0 radical (unpaired) electrons. The molecule has 22 heavy (non-hydrogen) atoms. The van der Waals surface area contributed by atoms with Crippen LogP contribution in [0.1, 0.15) is 29.8 Å². The summed E-state index contributed by atoms with van der Waals surface area (Å²) in [6.07, 6.45) is 3.39. The average Bonchev–Trinajstić information content (AvgIpc) is 2.53. The Morgan fingerprint density at radius 2 is 2.00 bits per heavy atom. The number of nitrogens with one attached hydrogen (secondary N) is 2. The van der Waals surface area contributed by atoms with E-state index in [1.165, 1.54) is 0 Å². The van der Waals surface area contributed by atoms with Gasteiger partial charge in [-0.3, -0.25) is 14.6 Å². The molecule has 0 aliphatic heterocycles. The third kappa shape index (κ3) is 4.41. The summed E-state index contributed by atoms with van der Waals surface area (Å²) < 4.78 is 0. The van der Waals surface area contributed by atoms with Gasteiger partial charge in [0.2, 0.25) is 5.91 Å². The van der Waals surface area contributed by atoms with Crippen LogP contribution in [0.4, 0.5) is 5.69 Å². The summed E-state index contributed by atoms with van der Waals surface area (Å²) in [4.78, 5) is 27.8. The van der Waals surface area contributed by atoms with Crippen molar-refractivity contribution >= 4 is 17.5 Å². The molecular weight excluding hydrogens is 278 g/mol. The van der Waals surface area contributed by atoms with Gasteiger partial charge in [-0.05, 0) is 29.8 Å². The van der Waals surface area contributed by atoms with Gasteiger partial charge in [0.25, 0.3) is 5.91 Å². The number of rotatable bonds is 5. The van der Waals surface area contributed by atoms with Crippen LogP contribution in [0.2, 0.25) is 0 Å². The molecule has 0 aliphatic rings. The minimum atomic E-state index is -0.190. The number of anilines is 1. The molecule has 0 unspecified atom stereocenters. The van der Waals surface area contributed by atoms with Crippen molar-refractivity contribution in [1.29, 1.82) is 0 Å². The molecule has 1 aromatic carbocycles. The highest BCUT2D eigenvalue weighted by molar-refractivity contribution is 5.97. The van der Waals surface area contributed by atoms with Crippen LogP contribution < -0.4 is 10.6 Å². The second kappa shape index (κ2) is 7.36. The molecule has 5 heteroatoms. The van der Waals surface area contributed by atoms with Crippen molar-refractivity contribution in [1.82, 2.24) is 10.3 Å². The van der Waals surface area contributed by atoms with Gasteiger partial charge in [0.1, 0.15) is 0 Å². The summed E-state index contributed by atoms with van der Waals surface area (Å²) in [6, 6.07) is 10.6. The first-order valence-electron chi connectivity index (χ1n) is 7.14. The van der Waals surface area contributed by atoms with E-state index in [0.717, 1.165) is 5.56 Å². The quantitative estimate of drug-likeness (QED) is 0.891. The molecule has 0 saturated carbocycles. The standard InChI is InChI=1S/C17H19N3O2/c1-12(2)16(21)20-15-7-3-6-14(9-15)17(22)19-11-13-5-4-8-18-10-13/h3-10,12H,11H2,1-2H3,(H,19,22)(H,20,21). The molecule has 5 nitrogen and oxygen atoms in total. The highest BCUT2D eigenvalue weighted by Crippen LogP contribution is 2.12. The maximum atomic E-state index is 12.1. The summed E-state index contributed by atoms with van der Waals surface area (Å²) in [7, 11) is 0. The number of aromatic nitrogens is 1. The number of hydrogen-bond acceptors (Lipinski definition) is 3. The maximum Gasteiger partial charge on any atom is 0.251 e. The van der Waals surface area contributed by atoms with E-state index in [1.54, 1.807) is 36.7 Å². The molecule has 0 aliphatic carbocycles. The lowest BCUT2D eigenvalue weighted by Crippen LogP contribution is -2.23. The summed E-state index contributed by atoms with van der Waals surface area (Å²) in [6.45, 7) is 4.05. The van der Waals surface area contributed by atoms with E-state index < -0.39 is 0 Å². The Morgan fingerprint density at radius 1 is 1.18 bits per heavy atom. The second-order valence-corrected chi connectivity index (χ2v) is 5.27. The molecule has 2 aromatic rings. The highest BCUT2D eigenvalue weighted by Gasteiger charge is 2.10. The Hall–Kier alpha value is -2.69. The fourth-order valence-electron chi connectivity index (χ4n) is 1.81. The fraction of sp³-hybridized carbons (Fsp3) is 0.235. The molecule has 114 valence electrons. The van der Waals surface area contributed by atoms with Crippen LogP contribution in [-0.2, 0) is 11.3 Å². The van der Waals surface area contributed by atoms with E-state index in [9.17, 15) is 9.59 Å². The van der Waals surface area contributed by atoms with Gasteiger partial charge in [-0.1, -0.05) is 26.0 Å². The monoisotopic (exact) mass is 297 g/mol. The van der Waals surface area contributed by atoms with Crippen molar-refractivity contribution < 1.29 is 9.59 Å².